The number of carbonyl (C=O) groups is 2. The van der Waals surface area contributed by atoms with Crippen molar-refractivity contribution in [3.63, 3.8) is 0 Å². The van der Waals surface area contributed by atoms with Gasteiger partial charge in [-0.05, 0) is 33.6 Å². The summed E-state index contributed by atoms with van der Waals surface area (Å²) in [6.45, 7) is 14.7. The number of hydrogen-bond donors (Lipinski definition) is 2. The zero-order chi connectivity index (χ0) is 13.8. The van der Waals surface area contributed by atoms with Gasteiger partial charge in [-0.1, -0.05) is 20.4 Å². The van der Waals surface area contributed by atoms with Gasteiger partial charge >= 0.3 is 0 Å². The van der Waals surface area contributed by atoms with Gasteiger partial charge in [-0.2, -0.15) is 0 Å². The Balaban J connectivity index is 4.70. The molecule has 0 aliphatic heterocycles. The van der Waals surface area contributed by atoms with Crippen molar-refractivity contribution in [3.8, 4) is 0 Å². The molecule has 0 fully saturated rings. The van der Waals surface area contributed by atoms with E-state index >= 15 is 0 Å². The molecule has 4 nitrogen and oxygen atoms in total. The highest BCUT2D eigenvalue weighted by molar-refractivity contribution is 5.96. The molecule has 0 unspecified atom stereocenters. The van der Waals surface area contributed by atoms with Crippen molar-refractivity contribution >= 4 is 11.8 Å². The molecule has 0 aromatic carbocycles. The van der Waals surface area contributed by atoms with Crippen LogP contribution in [0.2, 0.25) is 0 Å². The molecule has 0 aromatic heterocycles. The van der Waals surface area contributed by atoms with Crippen molar-refractivity contribution in [1.82, 2.24) is 10.6 Å². The Hall–Kier alpha value is -1.32. The first-order valence-corrected chi connectivity index (χ1v) is 5.83. The first-order valence-electron chi connectivity index (χ1n) is 5.83. The molecule has 4 heteroatoms. The summed E-state index contributed by atoms with van der Waals surface area (Å²) in [6.07, 6.45) is 0. The smallest absolute Gasteiger partial charge is 0.246 e. The molecule has 0 aliphatic carbocycles. The molecule has 0 bridgehead atoms. The standard InChI is InChI=1S/C13H24N2O2/c1-8(2)10(14-11(16)9(3)4)12(17)15-13(5,6)7/h8,10H,3H2,1-2,4-7H3,(H,14,16)(H,15,17)/t10-/m0/s1. The summed E-state index contributed by atoms with van der Waals surface area (Å²) in [5, 5.41) is 5.55. The monoisotopic (exact) mass is 240 g/mol. The van der Waals surface area contributed by atoms with Crippen LogP contribution in [0.1, 0.15) is 41.5 Å². The molecular formula is C13H24N2O2. The fourth-order valence-electron chi connectivity index (χ4n) is 1.25. The van der Waals surface area contributed by atoms with E-state index in [1.54, 1.807) is 6.92 Å². The summed E-state index contributed by atoms with van der Waals surface area (Å²) >= 11 is 0. The van der Waals surface area contributed by atoms with Crippen molar-refractivity contribution in [2.24, 2.45) is 5.92 Å². The molecule has 0 saturated carbocycles. The van der Waals surface area contributed by atoms with Gasteiger partial charge < -0.3 is 10.6 Å². The van der Waals surface area contributed by atoms with Crippen molar-refractivity contribution in [3.05, 3.63) is 12.2 Å². The largest absolute Gasteiger partial charge is 0.350 e. The van der Waals surface area contributed by atoms with Gasteiger partial charge in [-0.15, -0.1) is 0 Å². The lowest BCUT2D eigenvalue weighted by molar-refractivity contribution is -0.129. The molecule has 17 heavy (non-hydrogen) atoms. The first-order chi connectivity index (χ1) is 7.54. The Morgan fingerprint density at radius 3 is 1.94 bits per heavy atom. The second kappa shape index (κ2) is 5.84. The third kappa shape index (κ3) is 6.09. The van der Waals surface area contributed by atoms with E-state index in [1.807, 2.05) is 34.6 Å². The zero-order valence-corrected chi connectivity index (χ0v) is 11.7. The van der Waals surface area contributed by atoms with E-state index in [0.29, 0.717) is 5.57 Å². The molecule has 2 amide bonds. The number of rotatable bonds is 4. The summed E-state index contributed by atoms with van der Waals surface area (Å²) in [7, 11) is 0. The second-order valence-corrected chi connectivity index (χ2v) is 5.71. The molecule has 0 heterocycles. The van der Waals surface area contributed by atoms with Gasteiger partial charge in [0, 0.05) is 11.1 Å². The minimum absolute atomic E-state index is 0.0284. The molecule has 98 valence electrons. The van der Waals surface area contributed by atoms with Crippen molar-refractivity contribution in [2.45, 2.75) is 53.1 Å². The van der Waals surface area contributed by atoms with Crippen LogP contribution in [0.25, 0.3) is 0 Å². The van der Waals surface area contributed by atoms with E-state index in [1.165, 1.54) is 0 Å². The molecule has 0 aromatic rings. The first kappa shape index (κ1) is 15.7. The maximum atomic E-state index is 12.0. The SMILES string of the molecule is C=C(C)C(=O)N[C@H](C(=O)NC(C)(C)C)C(C)C. The maximum absolute atomic E-state index is 12.0. The number of amides is 2. The van der Waals surface area contributed by atoms with E-state index in [4.69, 9.17) is 0 Å². The van der Waals surface area contributed by atoms with Crippen LogP contribution in [0.3, 0.4) is 0 Å². The van der Waals surface area contributed by atoms with Crippen LogP contribution in [-0.4, -0.2) is 23.4 Å². The Labute approximate surface area is 104 Å². The van der Waals surface area contributed by atoms with Gasteiger partial charge in [0.25, 0.3) is 0 Å². The van der Waals surface area contributed by atoms with E-state index < -0.39 is 6.04 Å². The van der Waals surface area contributed by atoms with Crippen molar-refractivity contribution in [2.75, 3.05) is 0 Å². The average Bonchev–Trinajstić information content (AvgIpc) is 2.09. The van der Waals surface area contributed by atoms with Crippen molar-refractivity contribution < 1.29 is 9.59 Å². The minimum atomic E-state index is -0.529. The topological polar surface area (TPSA) is 58.2 Å². The highest BCUT2D eigenvalue weighted by Crippen LogP contribution is 2.06. The van der Waals surface area contributed by atoms with Gasteiger partial charge in [-0.25, -0.2) is 0 Å². The highest BCUT2D eigenvalue weighted by Gasteiger charge is 2.26. The second-order valence-electron chi connectivity index (χ2n) is 5.71. The summed E-state index contributed by atoms with van der Waals surface area (Å²) in [4.78, 5) is 23.5. The predicted octanol–water partition coefficient (Wildman–Crippen LogP) is 1.62. The van der Waals surface area contributed by atoms with Crippen LogP contribution in [0.15, 0.2) is 12.2 Å². The van der Waals surface area contributed by atoms with Crippen LogP contribution < -0.4 is 10.6 Å². The fourth-order valence-corrected chi connectivity index (χ4v) is 1.25. The maximum Gasteiger partial charge on any atom is 0.246 e. The fraction of sp³-hybridized carbons (Fsp3) is 0.692. The third-order valence-electron chi connectivity index (χ3n) is 2.12. The Morgan fingerprint density at radius 1 is 1.18 bits per heavy atom. The van der Waals surface area contributed by atoms with Crippen LogP contribution in [0.4, 0.5) is 0 Å². The van der Waals surface area contributed by atoms with Gasteiger partial charge in [0.2, 0.25) is 11.8 Å². The molecule has 0 spiro atoms. The van der Waals surface area contributed by atoms with Gasteiger partial charge in [0.05, 0.1) is 0 Å². The normalized spacial score (nSPS) is 13.1. The number of hydrogen-bond acceptors (Lipinski definition) is 2. The number of carbonyl (C=O) groups excluding carboxylic acids is 2. The quantitative estimate of drug-likeness (QED) is 0.734. The molecule has 0 rings (SSSR count). The lowest BCUT2D eigenvalue weighted by atomic mass is 10.0. The molecular weight excluding hydrogens is 216 g/mol. The zero-order valence-electron chi connectivity index (χ0n) is 11.7. The van der Waals surface area contributed by atoms with E-state index in [0.717, 1.165) is 0 Å². The summed E-state index contributed by atoms with van der Waals surface area (Å²) in [6, 6.07) is -0.529. The molecule has 0 radical (unpaired) electrons. The Bertz CT molecular complexity index is 314. The Morgan fingerprint density at radius 2 is 1.65 bits per heavy atom. The van der Waals surface area contributed by atoms with Crippen molar-refractivity contribution in [1.29, 1.82) is 0 Å². The van der Waals surface area contributed by atoms with Crippen LogP contribution in [-0.2, 0) is 9.59 Å². The summed E-state index contributed by atoms with van der Waals surface area (Å²) < 4.78 is 0. The minimum Gasteiger partial charge on any atom is -0.350 e. The van der Waals surface area contributed by atoms with E-state index in [-0.39, 0.29) is 23.3 Å². The van der Waals surface area contributed by atoms with Gasteiger partial charge in [0.1, 0.15) is 6.04 Å². The molecule has 0 aliphatic rings. The lowest BCUT2D eigenvalue weighted by Gasteiger charge is -2.27. The van der Waals surface area contributed by atoms with E-state index in [9.17, 15) is 9.59 Å². The Kier molecular flexibility index (Phi) is 5.39. The number of nitrogens with one attached hydrogen (secondary N) is 2. The van der Waals surface area contributed by atoms with Crippen LogP contribution in [0, 0.1) is 5.92 Å². The lowest BCUT2D eigenvalue weighted by Crippen LogP contribution is -2.54. The van der Waals surface area contributed by atoms with Crippen LogP contribution >= 0.6 is 0 Å². The van der Waals surface area contributed by atoms with Crippen LogP contribution in [0.5, 0.6) is 0 Å². The average molecular weight is 240 g/mol. The summed E-state index contributed by atoms with van der Waals surface area (Å²) in [5.74, 6) is -0.421. The highest BCUT2D eigenvalue weighted by atomic mass is 16.2. The third-order valence-corrected chi connectivity index (χ3v) is 2.12. The molecule has 1 atom stereocenters. The van der Waals surface area contributed by atoms with Gasteiger partial charge in [0.15, 0.2) is 0 Å². The van der Waals surface area contributed by atoms with Gasteiger partial charge in [-0.3, -0.25) is 9.59 Å². The predicted molar refractivity (Wildman–Crippen MR) is 69.5 cm³/mol. The molecule has 0 saturated heterocycles. The van der Waals surface area contributed by atoms with E-state index in [2.05, 4.69) is 17.2 Å². The summed E-state index contributed by atoms with van der Waals surface area (Å²) in [5.41, 5.74) is 0.0947. The molecule has 2 N–H and O–H groups in total.